The Morgan fingerprint density at radius 1 is 1.35 bits per heavy atom. The van der Waals surface area contributed by atoms with Crippen LogP contribution in [0.3, 0.4) is 0 Å². The van der Waals surface area contributed by atoms with E-state index in [1.807, 2.05) is 24.3 Å². The number of anilines is 1. The predicted molar refractivity (Wildman–Crippen MR) is 62.2 cm³/mol. The van der Waals surface area contributed by atoms with Gasteiger partial charge in [0.1, 0.15) is 18.2 Å². The highest BCUT2D eigenvalue weighted by Gasteiger charge is 2.24. The average molecular weight is 252 g/mol. The first-order chi connectivity index (χ1) is 8.36. The summed E-state index contributed by atoms with van der Waals surface area (Å²) in [6.45, 7) is 0.554. The third-order valence-electron chi connectivity index (χ3n) is 2.58. The van der Waals surface area contributed by atoms with E-state index in [1.165, 1.54) is 0 Å². The van der Waals surface area contributed by atoms with Gasteiger partial charge in [-0.2, -0.15) is 0 Å². The Bertz CT molecular complexity index is 529. The second-order valence-corrected chi connectivity index (χ2v) is 3.95. The average Bonchev–Trinajstić information content (AvgIpc) is 2.97. The predicted octanol–water partition coefficient (Wildman–Crippen LogP) is 2.35. The van der Waals surface area contributed by atoms with Crippen molar-refractivity contribution in [2.24, 2.45) is 0 Å². The molecule has 2 aromatic rings. The van der Waals surface area contributed by atoms with Crippen LogP contribution in [0.5, 0.6) is 5.75 Å². The molecule has 1 aliphatic heterocycles. The molecule has 0 amide bonds. The molecule has 1 unspecified atom stereocenters. The molecule has 1 aromatic carbocycles. The van der Waals surface area contributed by atoms with Crippen molar-refractivity contribution in [2.75, 3.05) is 11.9 Å². The van der Waals surface area contributed by atoms with Crippen LogP contribution < -0.4 is 10.1 Å². The quantitative estimate of drug-likeness (QED) is 0.849. The molecule has 0 saturated heterocycles. The smallest absolute Gasteiger partial charge is 0.316 e. The van der Waals surface area contributed by atoms with Crippen LogP contribution in [0.1, 0.15) is 17.5 Å². The highest BCUT2D eigenvalue weighted by Crippen LogP contribution is 2.33. The molecule has 5 nitrogen and oxygen atoms in total. The van der Waals surface area contributed by atoms with Crippen LogP contribution in [0.25, 0.3) is 0 Å². The van der Waals surface area contributed by atoms with E-state index in [4.69, 9.17) is 20.8 Å². The highest BCUT2D eigenvalue weighted by atomic mass is 35.5. The first-order valence-corrected chi connectivity index (χ1v) is 5.77. The minimum atomic E-state index is 0.0369. The molecule has 3 rings (SSSR count). The van der Waals surface area contributed by atoms with Crippen molar-refractivity contribution in [3.05, 3.63) is 35.7 Å². The summed E-state index contributed by atoms with van der Waals surface area (Å²) in [5.41, 5.74) is 1.10. The lowest BCUT2D eigenvalue weighted by Gasteiger charge is -2.08. The number of rotatable bonds is 3. The van der Waals surface area contributed by atoms with E-state index in [1.54, 1.807) is 0 Å². The number of hydrogen-bond donors (Lipinski definition) is 1. The zero-order valence-electron chi connectivity index (χ0n) is 8.89. The Balaban J connectivity index is 1.79. The molecule has 17 heavy (non-hydrogen) atoms. The molecule has 0 radical (unpaired) electrons. The fourth-order valence-electron chi connectivity index (χ4n) is 1.80. The van der Waals surface area contributed by atoms with Gasteiger partial charge < -0.3 is 14.5 Å². The van der Waals surface area contributed by atoms with Crippen LogP contribution in [-0.2, 0) is 5.88 Å². The maximum Gasteiger partial charge on any atom is 0.316 e. The molecule has 1 aliphatic rings. The Morgan fingerprint density at radius 3 is 3.06 bits per heavy atom. The van der Waals surface area contributed by atoms with E-state index in [0.717, 1.165) is 11.3 Å². The fraction of sp³-hybridized carbons (Fsp3) is 0.273. The van der Waals surface area contributed by atoms with Crippen molar-refractivity contribution >= 4 is 17.6 Å². The van der Waals surface area contributed by atoms with E-state index in [0.29, 0.717) is 18.5 Å². The summed E-state index contributed by atoms with van der Waals surface area (Å²) < 4.78 is 10.8. The molecule has 1 N–H and O–H groups in total. The van der Waals surface area contributed by atoms with Gasteiger partial charge in [-0.25, -0.2) is 0 Å². The van der Waals surface area contributed by atoms with E-state index >= 15 is 0 Å². The van der Waals surface area contributed by atoms with Gasteiger partial charge in [0.15, 0.2) is 0 Å². The van der Waals surface area contributed by atoms with Crippen molar-refractivity contribution in [1.29, 1.82) is 0 Å². The molecule has 6 heteroatoms. The van der Waals surface area contributed by atoms with E-state index in [2.05, 4.69) is 15.5 Å². The molecule has 2 heterocycles. The van der Waals surface area contributed by atoms with Crippen LogP contribution in [-0.4, -0.2) is 16.8 Å². The van der Waals surface area contributed by atoms with Gasteiger partial charge >= 0.3 is 6.01 Å². The summed E-state index contributed by atoms with van der Waals surface area (Å²) in [6.07, 6.45) is 0. The first kappa shape index (κ1) is 10.4. The fourth-order valence-corrected chi connectivity index (χ4v) is 1.91. The molecular formula is C11H10ClN3O2. The van der Waals surface area contributed by atoms with Gasteiger partial charge in [-0.1, -0.05) is 23.3 Å². The van der Waals surface area contributed by atoms with Gasteiger partial charge in [-0.15, -0.1) is 16.7 Å². The number of ether oxygens (including phenoxy) is 1. The summed E-state index contributed by atoms with van der Waals surface area (Å²) in [7, 11) is 0. The van der Waals surface area contributed by atoms with Gasteiger partial charge in [0, 0.05) is 5.56 Å². The molecule has 0 bridgehead atoms. The van der Waals surface area contributed by atoms with E-state index < -0.39 is 0 Å². The van der Waals surface area contributed by atoms with Crippen molar-refractivity contribution in [1.82, 2.24) is 10.2 Å². The van der Waals surface area contributed by atoms with Crippen LogP contribution >= 0.6 is 11.6 Å². The number of hydrogen-bond acceptors (Lipinski definition) is 5. The number of nitrogens with one attached hydrogen (secondary N) is 1. The molecular weight excluding hydrogens is 242 g/mol. The lowest BCUT2D eigenvalue weighted by atomic mass is 10.1. The zero-order chi connectivity index (χ0) is 11.7. The number of nitrogens with zero attached hydrogens (tertiary/aromatic N) is 2. The van der Waals surface area contributed by atoms with Crippen LogP contribution in [0.2, 0.25) is 0 Å². The molecule has 88 valence electrons. The van der Waals surface area contributed by atoms with Crippen molar-refractivity contribution in [3.63, 3.8) is 0 Å². The number of fused-ring (bicyclic) bond motifs is 1. The van der Waals surface area contributed by atoms with Crippen LogP contribution in [0, 0.1) is 0 Å². The molecule has 1 atom stereocenters. The summed E-state index contributed by atoms with van der Waals surface area (Å²) in [6, 6.07) is 8.27. The number of alkyl halides is 1. The summed E-state index contributed by atoms with van der Waals surface area (Å²) in [4.78, 5) is 0. The summed E-state index contributed by atoms with van der Waals surface area (Å²) >= 11 is 5.59. The Morgan fingerprint density at radius 2 is 2.24 bits per heavy atom. The molecule has 0 aliphatic carbocycles. The third kappa shape index (κ3) is 1.93. The van der Waals surface area contributed by atoms with Gasteiger partial charge in [0.2, 0.25) is 5.89 Å². The Hall–Kier alpha value is -1.75. The van der Waals surface area contributed by atoms with E-state index in [-0.39, 0.29) is 11.9 Å². The number of halogens is 1. The van der Waals surface area contributed by atoms with Gasteiger partial charge in [0.25, 0.3) is 0 Å². The molecule has 0 saturated carbocycles. The maximum absolute atomic E-state index is 5.59. The highest BCUT2D eigenvalue weighted by molar-refractivity contribution is 6.16. The van der Waals surface area contributed by atoms with Crippen molar-refractivity contribution < 1.29 is 9.15 Å². The Labute approximate surface area is 103 Å². The summed E-state index contributed by atoms with van der Waals surface area (Å²) in [5.74, 6) is 1.51. The number of benzene rings is 1. The second kappa shape index (κ2) is 4.25. The van der Waals surface area contributed by atoms with E-state index in [9.17, 15) is 0 Å². The van der Waals surface area contributed by atoms with Crippen LogP contribution in [0.15, 0.2) is 28.7 Å². The molecule has 1 aromatic heterocycles. The topological polar surface area (TPSA) is 60.2 Å². The van der Waals surface area contributed by atoms with Gasteiger partial charge in [-0.05, 0) is 6.07 Å². The zero-order valence-corrected chi connectivity index (χ0v) is 9.65. The molecule has 0 spiro atoms. The second-order valence-electron chi connectivity index (χ2n) is 3.68. The standard InChI is InChI=1S/C11H10ClN3O2/c12-5-10-14-15-11(17-10)13-8-6-16-9-4-2-1-3-7(8)9/h1-4,8H,5-6H2,(H,13,15). The summed E-state index contributed by atoms with van der Waals surface area (Å²) in [5, 5.41) is 10.8. The normalized spacial score (nSPS) is 17.6. The molecule has 0 fully saturated rings. The maximum atomic E-state index is 5.59. The van der Waals surface area contributed by atoms with Crippen molar-refractivity contribution in [2.45, 2.75) is 11.9 Å². The van der Waals surface area contributed by atoms with Gasteiger partial charge in [0.05, 0.1) is 6.04 Å². The number of aromatic nitrogens is 2. The van der Waals surface area contributed by atoms with Gasteiger partial charge in [-0.3, -0.25) is 0 Å². The minimum Gasteiger partial charge on any atom is -0.491 e. The largest absolute Gasteiger partial charge is 0.491 e. The lowest BCUT2D eigenvalue weighted by molar-refractivity contribution is 0.337. The monoisotopic (exact) mass is 251 g/mol. The minimum absolute atomic E-state index is 0.0369. The third-order valence-corrected chi connectivity index (χ3v) is 2.81. The van der Waals surface area contributed by atoms with Crippen molar-refractivity contribution in [3.8, 4) is 5.75 Å². The SMILES string of the molecule is ClCc1nnc(NC2COc3ccccc32)o1. The first-order valence-electron chi connectivity index (χ1n) is 5.23. The number of para-hydroxylation sites is 1. The lowest BCUT2D eigenvalue weighted by Crippen LogP contribution is -2.12. The van der Waals surface area contributed by atoms with Crippen LogP contribution in [0.4, 0.5) is 6.01 Å². The Kier molecular flexibility index (Phi) is 2.60.